The minimum atomic E-state index is -1.52. The number of rotatable bonds is 2. The van der Waals surface area contributed by atoms with Gasteiger partial charge in [0.25, 0.3) is 0 Å². The summed E-state index contributed by atoms with van der Waals surface area (Å²) in [4.78, 5) is 12.3. The van der Waals surface area contributed by atoms with Gasteiger partial charge < -0.3 is 34.3 Å². The standard InChI is InChI=1S/C19H22O8/c1-9-4-3-5-19(26-9)17(22)13(21)8-14(27-19)16-11-6-10(24-2)7-12(20)15(11)18(23)25-16/h3,5-7,9,13-14,16-17,20-22H,4,8H2,1-2H3/t9-,13-,14?,16-,17-,19+/m0/s1. The van der Waals surface area contributed by atoms with E-state index in [1.165, 1.54) is 13.2 Å². The van der Waals surface area contributed by atoms with Crippen LogP contribution < -0.4 is 4.74 Å². The first-order valence-electron chi connectivity index (χ1n) is 8.86. The Morgan fingerprint density at radius 2 is 2.04 bits per heavy atom. The molecule has 3 aliphatic rings. The fourth-order valence-corrected chi connectivity index (χ4v) is 3.94. The minimum Gasteiger partial charge on any atom is -0.507 e. The van der Waals surface area contributed by atoms with Gasteiger partial charge in [-0.15, -0.1) is 0 Å². The molecule has 3 heterocycles. The lowest BCUT2D eigenvalue weighted by Crippen LogP contribution is -2.60. The van der Waals surface area contributed by atoms with Crippen molar-refractivity contribution in [1.82, 2.24) is 0 Å². The Bertz CT molecular complexity index is 790. The third-order valence-electron chi connectivity index (χ3n) is 5.23. The van der Waals surface area contributed by atoms with Gasteiger partial charge in [-0.3, -0.25) is 0 Å². The topological polar surface area (TPSA) is 115 Å². The third kappa shape index (κ3) is 2.89. The van der Waals surface area contributed by atoms with Gasteiger partial charge >= 0.3 is 5.97 Å². The highest BCUT2D eigenvalue weighted by Gasteiger charge is 2.54. The molecule has 8 heteroatoms. The van der Waals surface area contributed by atoms with Crippen molar-refractivity contribution in [2.24, 2.45) is 0 Å². The molecule has 6 atom stereocenters. The summed E-state index contributed by atoms with van der Waals surface area (Å²) in [5, 5.41) is 31.1. The Kier molecular flexibility index (Phi) is 4.38. The lowest BCUT2D eigenvalue weighted by molar-refractivity contribution is -0.339. The highest BCUT2D eigenvalue weighted by Crippen LogP contribution is 2.46. The number of esters is 1. The van der Waals surface area contributed by atoms with E-state index in [-0.39, 0.29) is 23.8 Å². The quantitative estimate of drug-likeness (QED) is 0.519. The first kappa shape index (κ1) is 18.2. The molecular formula is C19H22O8. The van der Waals surface area contributed by atoms with E-state index in [1.807, 2.05) is 13.0 Å². The summed E-state index contributed by atoms with van der Waals surface area (Å²) in [6.45, 7) is 1.84. The van der Waals surface area contributed by atoms with Crippen molar-refractivity contribution in [2.75, 3.05) is 7.11 Å². The van der Waals surface area contributed by atoms with Crippen molar-refractivity contribution >= 4 is 5.97 Å². The number of methoxy groups -OCH3 is 1. The summed E-state index contributed by atoms with van der Waals surface area (Å²) < 4.78 is 22.5. The number of carbonyl (C=O) groups excluding carboxylic acids is 1. The van der Waals surface area contributed by atoms with Crippen LogP contribution in [-0.2, 0) is 14.2 Å². The fraction of sp³-hybridized carbons (Fsp3) is 0.526. The first-order chi connectivity index (χ1) is 12.8. The molecule has 1 fully saturated rings. The molecular weight excluding hydrogens is 356 g/mol. The number of phenolic OH excluding ortho intramolecular Hbond substituents is 1. The number of hydrogen-bond acceptors (Lipinski definition) is 8. The van der Waals surface area contributed by atoms with E-state index in [0.29, 0.717) is 17.7 Å². The van der Waals surface area contributed by atoms with Gasteiger partial charge in [-0.1, -0.05) is 6.08 Å². The van der Waals surface area contributed by atoms with Crippen LogP contribution in [0, 0.1) is 0 Å². The molecule has 146 valence electrons. The second-order valence-corrected chi connectivity index (χ2v) is 7.13. The summed E-state index contributed by atoms with van der Waals surface area (Å²) in [5.74, 6) is -2.08. The molecule has 0 saturated carbocycles. The molecule has 0 aromatic heterocycles. The van der Waals surface area contributed by atoms with Crippen LogP contribution in [0.2, 0.25) is 0 Å². The van der Waals surface area contributed by atoms with Crippen LogP contribution in [0.15, 0.2) is 24.3 Å². The second kappa shape index (κ2) is 6.49. The van der Waals surface area contributed by atoms with E-state index in [4.69, 9.17) is 18.9 Å². The van der Waals surface area contributed by atoms with Crippen LogP contribution in [-0.4, -0.2) is 58.6 Å². The van der Waals surface area contributed by atoms with Crippen molar-refractivity contribution in [2.45, 2.75) is 56.1 Å². The van der Waals surface area contributed by atoms with Gasteiger partial charge in [0, 0.05) is 18.1 Å². The lowest BCUT2D eigenvalue weighted by Gasteiger charge is -2.48. The Hall–Kier alpha value is -2.13. The van der Waals surface area contributed by atoms with Gasteiger partial charge in [0.05, 0.1) is 19.3 Å². The fourth-order valence-electron chi connectivity index (χ4n) is 3.94. The van der Waals surface area contributed by atoms with E-state index in [1.54, 1.807) is 12.1 Å². The van der Waals surface area contributed by atoms with Crippen molar-refractivity contribution in [3.63, 3.8) is 0 Å². The molecule has 0 radical (unpaired) electrons. The number of benzene rings is 1. The van der Waals surface area contributed by atoms with E-state index < -0.39 is 36.2 Å². The number of aromatic hydroxyl groups is 1. The van der Waals surface area contributed by atoms with Gasteiger partial charge in [0.2, 0.25) is 5.79 Å². The van der Waals surface area contributed by atoms with Gasteiger partial charge in [0.15, 0.2) is 6.10 Å². The molecule has 0 amide bonds. The average molecular weight is 378 g/mol. The number of aliphatic hydroxyl groups excluding tert-OH is 2. The molecule has 27 heavy (non-hydrogen) atoms. The van der Waals surface area contributed by atoms with Crippen LogP contribution in [0.3, 0.4) is 0 Å². The molecule has 3 aliphatic heterocycles. The zero-order chi connectivity index (χ0) is 19.3. The minimum absolute atomic E-state index is 0.0316. The summed E-state index contributed by atoms with van der Waals surface area (Å²) in [5.41, 5.74) is 0.459. The number of aliphatic hydroxyl groups is 2. The summed E-state index contributed by atoms with van der Waals surface area (Å²) in [7, 11) is 1.45. The maximum Gasteiger partial charge on any atom is 0.343 e. The van der Waals surface area contributed by atoms with Crippen LogP contribution in [0.4, 0.5) is 0 Å². The summed E-state index contributed by atoms with van der Waals surface area (Å²) >= 11 is 0. The molecule has 0 bridgehead atoms. The monoisotopic (exact) mass is 378 g/mol. The third-order valence-corrected chi connectivity index (χ3v) is 5.23. The van der Waals surface area contributed by atoms with E-state index >= 15 is 0 Å². The molecule has 8 nitrogen and oxygen atoms in total. The van der Waals surface area contributed by atoms with Gasteiger partial charge in [-0.2, -0.15) is 0 Å². The average Bonchev–Trinajstić information content (AvgIpc) is 2.96. The van der Waals surface area contributed by atoms with Crippen molar-refractivity contribution in [1.29, 1.82) is 0 Å². The van der Waals surface area contributed by atoms with Crippen molar-refractivity contribution in [3.8, 4) is 11.5 Å². The number of carbonyl (C=O) groups is 1. The number of fused-ring (bicyclic) bond motifs is 1. The number of cyclic esters (lactones) is 1. The molecule has 1 saturated heterocycles. The molecule has 1 spiro atoms. The second-order valence-electron chi connectivity index (χ2n) is 7.13. The van der Waals surface area contributed by atoms with Gasteiger partial charge in [-0.05, 0) is 25.5 Å². The number of phenols is 1. The normalized spacial score (nSPS) is 37.9. The molecule has 1 aromatic rings. The maximum atomic E-state index is 12.3. The first-order valence-corrected chi connectivity index (χ1v) is 8.86. The van der Waals surface area contributed by atoms with E-state index in [2.05, 4.69) is 0 Å². The summed E-state index contributed by atoms with van der Waals surface area (Å²) in [6, 6.07) is 2.93. The predicted octanol–water partition coefficient (Wildman–Crippen LogP) is 1.18. The zero-order valence-corrected chi connectivity index (χ0v) is 15.0. The van der Waals surface area contributed by atoms with Crippen LogP contribution in [0.1, 0.15) is 41.8 Å². The highest BCUT2D eigenvalue weighted by atomic mass is 16.7. The van der Waals surface area contributed by atoms with E-state index in [9.17, 15) is 20.1 Å². The van der Waals surface area contributed by atoms with Crippen LogP contribution in [0.5, 0.6) is 11.5 Å². The molecule has 1 aromatic carbocycles. The Balaban J connectivity index is 1.71. The molecule has 0 aliphatic carbocycles. The zero-order valence-electron chi connectivity index (χ0n) is 15.0. The molecule has 3 N–H and O–H groups in total. The van der Waals surface area contributed by atoms with Gasteiger partial charge in [-0.25, -0.2) is 4.79 Å². The largest absolute Gasteiger partial charge is 0.507 e. The SMILES string of the molecule is COc1cc(O)c2c(c1)[C@@H](C1C[C@H](O)[C@H](O)[C@@]3(C=CC[C@H](C)O3)O1)OC2=O. The predicted molar refractivity (Wildman–Crippen MR) is 91.4 cm³/mol. The van der Waals surface area contributed by atoms with E-state index in [0.717, 1.165) is 0 Å². The Morgan fingerprint density at radius 1 is 1.26 bits per heavy atom. The lowest BCUT2D eigenvalue weighted by atomic mass is 9.88. The summed E-state index contributed by atoms with van der Waals surface area (Å²) in [6.07, 6.45) is -0.169. The maximum absolute atomic E-state index is 12.3. The Labute approximate surface area is 155 Å². The number of ether oxygens (including phenoxy) is 4. The molecule has 4 rings (SSSR count). The van der Waals surface area contributed by atoms with Crippen molar-refractivity contribution in [3.05, 3.63) is 35.4 Å². The molecule has 1 unspecified atom stereocenters. The smallest absolute Gasteiger partial charge is 0.343 e. The number of hydrogen-bond donors (Lipinski definition) is 3. The van der Waals surface area contributed by atoms with Gasteiger partial charge in [0.1, 0.15) is 29.3 Å². The highest BCUT2D eigenvalue weighted by molar-refractivity contribution is 5.97. The van der Waals surface area contributed by atoms with Crippen LogP contribution in [0.25, 0.3) is 0 Å². The Morgan fingerprint density at radius 3 is 2.74 bits per heavy atom. The van der Waals surface area contributed by atoms with Crippen molar-refractivity contribution < 1.29 is 39.1 Å². The van der Waals surface area contributed by atoms with Crippen LogP contribution >= 0.6 is 0 Å².